The number of guanidine groups is 1. The number of hydrogen-bond donors (Lipinski definition) is 1. The second-order valence-electron chi connectivity index (χ2n) is 5.60. The zero-order chi connectivity index (χ0) is 15.9. The van der Waals surface area contributed by atoms with Crippen molar-refractivity contribution in [3.63, 3.8) is 0 Å². The molecule has 0 bridgehead atoms. The van der Waals surface area contributed by atoms with Gasteiger partial charge < -0.3 is 10.2 Å². The monoisotopic (exact) mass is 323 g/mol. The fourth-order valence-corrected chi connectivity index (χ4v) is 3.81. The highest BCUT2D eigenvalue weighted by Crippen LogP contribution is 2.16. The highest BCUT2D eigenvalue weighted by atomic mass is 32.1. The van der Waals surface area contributed by atoms with Crippen LogP contribution in [0.25, 0.3) is 0 Å². The van der Waals surface area contributed by atoms with Crippen LogP contribution in [-0.2, 0) is 13.0 Å². The number of rotatable bonds is 6. The van der Waals surface area contributed by atoms with Gasteiger partial charge in [0.05, 0.1) is 17.2 Å². The van der Waals surface area contributed by atoms with Gasteiger partial charge in [0.1, 0.15) is 0 Å². The number of likely N-dealkylation sites (tertiary alicyclic amines) is 1. The molecule has 5 nitrogen and oxygen atoms in total. The smallest absolute Gasteiger partial charge is 0.194 e. The van der Waals surface area contributed by atoms with Crippen LogP contribution >= 0.6 is 11.3 Å². The Bertz CT molecular complexity index is 481. The van der Waals surface area contributed by atoms with Gasteiger partial charge in [-0.2, -0.15) is 0 Å². The van der Waals surface area contributed by atoms with Gasteiger partial charge in [0.25, 0.3) is 0 Å². The van der Waals surface area contributed by atoms with Crippen molar-refractivity contribution in [3.05, 3.63) is 16.1 Å². The van der Waals surface area contributed by atoms with Crippen molar-refractivity contribution >= 4 is 17.3 Å². The average molecular weight is 324 g/mol. The van der Waals surface area contributed by atoms with E-state index in [0.29, 0.717) is 6.04 Å². The second-order valence-corrected chi connectivity index (χ2v) is 6.54. The quantitative estimate of drug-likeness (QED) is 0.644. The molecule has 6 heteroatoms. The SMILES string of the molecule is CCc1nc(CNC(=NC)N2CCC(N(CC)CC)C2)cs1. The number of aliphatic imine (C=N–C) groups is 1. The molecule has 0 spiro atoms. The molecule has 1 saturated heterocycles. The van der Waals surface area contributed by atoms with Crippen LogP contribution in [0.15, 0.2) is 10.4 Å². The van der Waals surface area contributed by atoms with Crippen molar-refractivity contribution in [3.8, 4) is 0 Å². The third-order valence-electron chi connectivity index (χ3n) is 4.33. The Balaban J connectivity index is 1.87. The van der Waals surface area contributed by atoms with Gasteiger partial charge in [-0.15, -0.1) is 11.3 Å². The van der Waals surface area contributed by atoms with Crippen LogP contribution in [0.3, 0.4) is 0 Å². The fraction of sp³-hybridized carbons (Fsp3) is 0.750. The van der Waals surface area contributed by atoms with E-state index in [1.165, 1.54) is 11.4 Å². The van der Waals surface area contributed by atoms with E-state index in [1.807, 2.05) is 7.05 Å². The van der Waals surface area contributed by atoms with Crippen LogP contribution in [0.4, 0.5) is 0 Å². The van der Waals surface area contributed by atoms with E-state index < -0.39 is 0 Å². The highest BCUT2D eigenvalue weighted by molar-refractivity contribution is 7.09. The third kappa shape index (κ3) is 4.20. The van der Waals surface area contributed by atoms with E-state index in [9.17, 15) is 0 Å². The molecule has 2 heterocycles. The minimum absolute atomic E-state index is 0.652. The molecule has 1 fully saturated rings. The number of aromatic nitrogens is 1. The van der Waals surface area contributed by atoms with Crippen molar-refractivity contribution in [2.75, 3.05) is 33.2 Å². The van der Waals surface area contributed by atoms with Crippen molar-refractivity contribution < 1.29 is 0 Å². The van der Waals surface area contributed by atoms with Crippen LogP contribution in [0.1, 0.15) is 37.9 Å². The molecular formula is C16H29N5S. The van der Waals surface area contributed by atoms with Crippen LogP contribution in [0.2, 0.25) is 0 Å². The van der Waals surface area contributed by atoms with Crippen molar-refractivity contribution in [2.24, 2.45) is 4.99 Å². The Hall–Kier alpha value is -1.14. The number of hydrogen-bond acceptors (Lipinski definition) is 4. The first-order valence-electron chi connectivity index (χ1n) is 8.34. The Morgan fingerprint density at radius 2 is 2.23 bits per heavy atom. The molecule has 0 radical (unpaired) electrons. The zero-order valence-electron chi connectivity index (χ0n) is 14.3. The van der Waals surface area contributed by atoms with E-state index in [0.717, 1.165) is 50.8 Å². The van der Waals surface area contributed by atoms with Crippen molar-refractivity contribution in [1.82, 2.24) is 20.1 Å². The summed E-state index contributed by atoms with van der Waals surface area (Å²) in [6, 6.07) is 0.652. The number of nitrogens with zero attached hydrogens (tertiary/aromatic N) is 4. The Labute approximate surface area is 138 Å². The zero-order valence-corrected chi connectivity index (χ0v) is 15.1. The molecule has 1 aliphatic heterocycles. The summed E-state index contributed by atoms with van der Waals surface area (Å²) in [6.07, 6.45) is 2.23. The summed E-state index contributed by atoms with van der Waals surface area (Å²) < 4.78 is 0. The molecule has 1 N–H and O–H groups in total. The Kier molecular flexibility index (Phi) is 6.64. The molecule has 1 unspecified atom stereocenters. The van der Waals surface area contributed by atoms with Gasteiger partial charge in [-0.3, -0.25) is 9.89 Å². The van der Waals surface area contributed by atoms with Gasteiger partial charge >= 0.3 is 0 Å². The first-order chi connectivity index (χ1) is 10.7. The maximum atomic E-state index is 4.61. The standard InChI is InChI=1S/C16H29N5S/c1-5-15-19-13(12-22-15)10-18-16(17-4)21-9-8-14(11-21)20(6-2)7-3/h12,14H,5-11H2,1-4H3,(H,17,18). The van der Waals surface area contributed by atoms with Crippen LogP contribution in [-0.4, -0.2) is 60.0 Å². The molecule has 2 rings (SSSR count). The van der Waals surface area contributed by atoms with E-state index in [-0.39, 0.29) is 0 Å². The minimum atomic E-state index is 0.652. The van der Waals surface area contributed by atoms with E-state index >= 15 is 0 Å². The van der Waals surface area contributed by atoms with E-state index in [1.54, 1.807) is 11.3 Å². The van der Waals surface area contributed by atoms with Crippen LogP contribution < -0.4 is 5.32 Å². The summed E-state index contributed by atoms with van der Waals surface area (Å²) in [5, 5.41) is 6.81. The molecular weight excluding hydrogens is 294 g/mol. The van der Waals surface area contributed by atoms with E-state index in [4.69, 9.17) is 0 Å². The molecule has 0 aliphatic carbocycles. The summed E-state index contributed by atoms with van der Waals surface area (Å²) in [6.45, 7) is 11.8. The van der Waals surface area contributed by atoms with Crippen molar-refractivity contribution in [2.45, 2.75) is 46.2 Å². The normalized spacial score (nSPS) is 19.2. The Morgan fingerprint density at radius 1 is 1.45 bits per heavy atom. The molecule has 1 aromatic heterocycles. The van der Waals surface area contributed by atoms with Gasteiger partial charge in [0, 0.05) is 31.6 Å². The fourth-order valence-electron chi connectivity index (χ4n) is 3.07. The molecule has 1 aliphatic rings. The molecule has 0 amide bonds. The first-order valence-corrected chi connectivity index (χ1v) is 9.22. The summed E-state index contributed by atoms with van der Waals surface area (Å²) in [4.78, 5) is 14.0. The summed E-state index contributed by atoms with van der Waals surface area (Å²) in [7, 11) is 1.87. The number of aryl methyl sites for hydroxylation is 1. The summed E-state index contributed by atoms with van der Waals surface area (Å²) in [5.74, 6) is 1.00. The molecule has 1 aromatic rings. The molecule has 1 atom stereocenters. The highest BCUT2D eigenvalue weighted by Gasteiger charge is 2.27. The summed E-state index contributed by atoms with van der Waals surface area (Å²) in [5.41, 5.74) is 1.11. The second kappa shape index (κ2) is 8.48. The summed E-state index contributed by atoms with van der Waals surface area (Å²) >= 11 is 1.74. The predicted octanol–water partition coefficient (Wildman–Crippen LogP) is 2.20. The van der Waals surface area contributed by atoms with Gasteiger partial charge in [-0.05, 0) is 25.9 Å². The molecule has 0 saturated carbocycles. The number of thiazole rings is 1. The lowest BCUT2D eigenvalue weighted by atomic mass is 10.2. The molecule has 124 valence electrons. The molecule has 0 aromatic carbocycles. The maximum Gasteiger partial charge on any atom is 0.194 e. The van der Waals surface area contributed by atoms with E-state index in [2.05, 4.69) is 51.2 Å². The topological polar surface area (TPSA) is 43.8 Å². The predicted molar refractivity (Wildman–Crippen MR) is 94.6 cm³/mol. The average Bonchev–Trinajstić information content (AvgIpc) is 3.19. The molecule has 22 heavy (non-hydrogen) atoms. The largest absolute Gasteiger partial charge is 0.351 e. The van der Waals surface area contributed by atoms with Gasteiger partial charge in [0.15, 0.2) is 5.96 Å². The first kappa shape index (κ1) is 17.2. The van der Waals surface area contributed by atoms with Crippen molar-refractivity contribution in [1.29, 1.82) is 0 Å². The lowest BCUT2D eigenvalue weighted by Gasteiger charge is -2.27. The van der Waals surface area contributed by atoms with Gasteiger partial charge in [-0.1, -0.05) is 20.8 Å². The maximum absolute atomic E-state index is 4.61. The van der Waals surface area contributed by atoms with Gasteiger partial charge in [-0.25, -0.2) is 4.98 Å². The third-order valence-corrected chi connectivity index (χ3v) is 5.37. The number of nitrogens with one attached hydrogen (secondary N) is 1. The van der Waals surface area contributed by atoms with Gasteiger partial charge in [0.2, 0.25) is 0 Å². The number of likely N-dealkylation sites (N-methyl/N-ethyl adjacent to an activating group) is 1. The Morgan fingerprint density at radius 3 is 2.82 bits per heavy atom. The lowest BCUT2D eigenvalue weighted by Crippen LogP contribution is -2.43. The minimum Gasteiger partial charge on any atom is -0.351 e. The lowest BCUT2D eigenvalue weighted by molar-refractivity contribution is 0.223. The van der Waals surface area contributed by atoms with Crippen LogP contribution in [0, 0.1) is 0 Å². The van der Waals surface area contributed by atoms with Crippen LogP contribution in [0.5, 0.6) is 0 Å².